The molecule has 0 spiro atoms. The zero-order valence-corrected chi connectivity index (χ0v) is 18.8. The number of anilines is 1. The number of ether oxygens (including phenoxy) is 1. The fourth-order valence-corrected chi connectivity index (χ4v) is 3.51. The maximum Gasteiger partial charge on any atom is 0.229 e. The Morgan fingerprint density at radius 2 is 1.68 bits per heavy atom. The van der Waals surface area contributed by atoms with Crippen LogP contribution in [0.15, 0.2) is 48.5 Å². The quantitative estimate of drug-likeness (QED) is 0.359. The zero-order chi connectivity index (χ0) is 22.7. The summed E-state index contributed by atoms with van der Waals surface area (Å²) in [4.78, 5) is 24.5. The van der Waals surface area contributed by atoms with Gasteiger partial charge < -0.3 is 10.1 Å². The first-order valence-corrected chi connectivity index (χ1v) is 12.3. The molecule has 0 unspecified atom stereocenters. The van der Waals surface area contributed by atoms with Crippen molar-refractivity contribution in [3.63, 3.8) is 0 Å². The first kappa shape index (κ1) is 24.4. The Morgan fingerprint density at radius 3 is 2.35 bits per heavy atom. The van der Waals surface area contributed by atoms with Crippen LogP contribution in [0.3, 0.4) is 0 Å². The summed E-state index contributed by atoms with van der Waals surface area (Å²) >= 11 is 0. The topological polar surface area (TPSA) is 102 Å². The number of hydrogen-bond acceptors (Lipinski definition) is 5. The van der Waals surface area contributed by atoms with Crippen LogP contribution in [-0.2, 0) is 21.4 Å². The molecule has 0 aromatic heterocycles. The van der Waals surface area contributed by atoms with Crippen LogP contribution in [0.4, 0.5) is 5.69 Å². The second-order valence-corrected chi connectivity index (χ2v) is 9.06. The lowest BCUT2D eigenvalue weighted by molar-refractivity contribution is -0.121. The average Bonchev–Trinajstić information content (AvgIpc) is 2.74. The number of benzene rings is 2. The second kappa shape index (κ2) is 12.1. The van der Waals surface area contributed by atoms with Crippen LogP contribution in [-0.4, -0.2) is 33.0 Å². The van der Waals surface area contributed by atoms with Crippen molar-refractivity contribution < 1.29 is 22.7 Å². The zero-order valence-electron chi connectivity index (χ0n) is 18.0. The normalized spacial score (nSPS) is 11.0. The highest BCUT2D eigenvalue weighted by molar-refractivity contribution is 7.92. The molecule has 0 fully saturated rings. The van der Waals surface area contributed by atoms with E-state index >= 15 is 0 Å². The van der Waals surface area contributed by atoms with Gasteiger partial charge in [0.25, 0.3) is 0 Å². The first-order chi connectivity index (χ1) is 14.8. The van der Waals surface area contributed by atoms with Gasteiger partial charge in [0.05, 0.1) is 18.6 Å². The minimum atomic E-state index is -3.42. The van der Waals surface area contributed by atoms with E-state index < -0.39 is 10.0 Å². The Morgan fingerprint density at radius 1 is 0.968 bits per heavy atom. The molecule has 168 valence electrons. The van der Waals surface area contributed by atoms with Crippen LogP contribution in [0.5, 0.6) is 5.75 Å². The molecule has 0 atom stereocenters. The number of carbonyl (C=O) groups excluding carboxylic acids is 2. The van der Waals surface area contributed by atoms with Crippen LogP contribution >= 0.6 is 0 Å². The minimum Gasteiger partial charge on any atom is -0.494 e. The lowest BCUT2D eigenvalue weighted by atomic mass is 10.1. The molecule has 0 heterocycles. The van der Waals surface area contributed by atoms with Crippen LogP contribution in [0.2, 0.25) is 0 Å². The lowest BCUT2D eigenvalue weighted by Crippen LogP contribution is -2.24. The number of unbranched alkanes of at least 4 members (excludes halogenated alkanes) is 2. The first-order valence-electron chi connectivity index (χ1n) is 10.4. The van der Waals surface area contributed by atoms with E-state index in [1.165, 1.54) is 0 Å². The van der Waals surface area contributed by atoms with Gasteiger partial charge in [-0.05, 0) is 42.3 Å². The maximum absolute atomic E-state index is 12.3. The summed E-state index contributed by atoms with van der Waals surface area (Å²) in [7, 11) is -3.42. The van der Waals surface area contributed by atoms with Crippen molar-refractivity contribution in [3.05, 3.63) is 59.7 Å². The molecule has 1 amide bonds. The third-order valence-corrected chi connectivity index (χ3v) is 5.15. The second-order valence-electron chi connectivity index (χ2n) is 7.31. The van der Waals surface area contributed by atoms with Crippen molar-refractivity contribution >= 4 is 27.4 Å². The third-order valence-electron chi connectivity index (χ3n) is 4.56. The molecule has 0 aliphatic rings. The number of nitrogens with one attached hydrogen (secondary N) is 2. The standard InChI is InChI=1S/C23H30N2O5S/c1-3-4-7-16-30-20-12-10-18(11-13-20)22(26)14-15-23(27)24-17-19-8-5-6-9-21(19)25-31(2,28)29/h5-6,8-13,25H,3-4,7,14-17H2,1-2H3,(H,24,27). The molecular weight excluding hydrogens is 416 g/mol. The highest BCUT2D eigenvalue weighted by Gasteiger charge is 2.11. The summed E-state index contributed by atoms with van der Waals surface area (Å²) in [6, 6.07) is 13.8. The number of carbonyl (C=O) groups is 2. The molecule has 0 aliphatic carbocycles. The molecular formula is C23H30N2O5S. The number of hydrogen-bond donors (Lipinski definition) is 2. The number of ketones is 1. The fraction of sp³-hybridized carbons (Fsp3) is 0.391. The number of sulfonamides is 1. The number of amides is 1. The van der Waals surface area contributed by atoms with E-state index in [1.807, 2.05) is 0 Å². The van der Waals surface area contributed by atoms with Crippen LogP contribution in [0, 0.1) is 0 Å². The SMILES string of the molecule is CCCCCOc1ccc(C(=O)CCC(=O)NCc2ccccc2NS(C)(=O)=O)cc1. The highest BCUT2D eigenvalue weighted by atomic mass is 32.2. The molecule has 8 heteroatoms. The molecule has 0 saturated heterocycles. The summed E-state index contributed by atoms with van der Waals surface area (Å²) < 4.78 is 31.0. The summed E-state index contributed by atoms with van der Waals surface area (Å²) in [5.74, 6) is 0.331. The third kappa shape index (κ3) is 9.21. The van der Waals surface area contributed by atoms with Crippen LogP contribution in [0.1, 0.15) is 54.9 Å². The van der Waals surface area contributed by atoms with Gasteiger partial charge in [-0.1, -0.05) is 38.0 Å². The van der Waals surface area contributed by atoms with Crippen molar-refractivity contribution in [2.24, 2.45) is 0 Å². The van der Waals surface area contributed by atoms with Gasteiger partial charge in [0, 0.05) is 24.9 Å². The van der Waals surface area contributed by atoms with Crippen LogP contribution < -0.4 is 14.8 Å². The highest BCUT2D eigenvalue weighted by Crippen LogP contribution is 2.17. The van der Waals surface area contributed by atoms with Gasteiger partial charge in [-0.25, -0.2) is 8.42 Å². The molecule has 2 N–H and O–H groups in total. The Bertz CT molecular complexity index is 972. The van der Waals surface area contributed by atoms with E-state index in [0.717, 1.165) is 31.3 Å². The molecule has 0 radical (unpaired) electrons. The van der Waals surface area contributed by atoms with Crippen molar-refractivity contribution in [2.45, 2.75) is 45.6 Å². The average molecular weight is 447 g/mol. The molecule has 0 saturated carbocycles. The van der Waals surface area contributed by atoms with E-state index in [1.54, 1.807) is 48.5 Å². The Labute approximate surface area is 184 Å². The summed E-state index contributed by atoms with van der Waals surface area (Å²) in [5.41, 5.74) is 1.59. The largest absolute Gasteiger partial charge is 0.494 e. The van der Waals surface area contributed by atoms with Crippen molar-refractivity contribution in [1.82, 2.24) is 5.32 Å². The number of Topliss-reactive ketones (excluding diaryl/α,β-unsaturated/α-hetero) is 1. The Hall–Kier alpha value is -2.87. The van der Waals surface area contributed by atoms with E-state index in [-0.39, 0.29) is 31.1 Å². The van der Waals surface area contributed by atoms with Gasteiger partial charge in [0.2, 0.25) is 15.9 Å². The van der Waals surface area contributed by atoms with Gasteiger partial charge in [-0.15, -0.1) is 0 Å². The lowest BCUT2D eigenvalue weighted by Gasteiger charge is -2.11. The van der Waals surface area contributed by atoms with Crippen molar-refractivity contribution in [1.29, 1.82) is 0 Å². The number of rotatable bonds is 13. The molecule has 2 aromatic rings. The molecule has 0 bridgehead atoms. The van der Waals surface area contributed by atoms with Gasteiger partial charge >= 0.3 is 0 Å². The van der Waals surface area contributed by atoms with E-state index in [2.05, 4.69) is 17.0 Å². The predicted molar refractivity (Wildman–Crippen MR) is 122 cm³/mol. The van der Waals surface area contributed by atoms with E-state index in [4.69, 9.17) is 4.74 Å². The fourth-order valence-electron chi connectivity index (χ4n) is 2.91. The van der Waals surface area contributed by atoms with E-state index in [0.29, 0.717) is 23.4 Å². The van der Waals surface area contributed by atoms with Crippen molar-refractivity contribution in [2.75, 3.05) is 17.6 Å². The summed E-state index contributed by atoms with van der Waals surface area (Å²) in [6.45, 7) is 2.95. The molecule has 7 nitrogen and oxygen atoms in total. The Kier molecular flexibility index (Phi) is 9.52. The van der Waals surface area contributed by atoms with Crippen LogP contribution in [0.25, 0.3) is 0 Å². The molecule has 2 aromatic carbocycles. The predicted octanol–water partition coefficient (Wildman–Crippen LogP) is 3.91. The number of para-hydroxylation sites is 1. The van der Waals surface area contributed by atoms with Gasteiger partial charge in [0.15, 0.2) is 5.78 Å². The summed E-state index contributed by atoms with van der Waals surface area (Å²) in [6.07, 6.45) is 4.47. The smallest absolute Gasteiger partial charge is 0.229 e. The monoisotopic (exact) mass is 446 g/mol. The molecule has 2 rings (SSSR count). The minimum absolute atomic E-state index is 0.0514. The molecule has 31 heavy (non-hydrogen) atoms. The maximum atomic E-state index is 12.3. The van der Waals surface area contributed by atoms with Gasteiger partial charge in [-0.2, -0.15) is 0 Å². The van der Waals surface area contributed by atoms with Gasteiger partial charge in [-0.3, -0.25) is 14.3 Å². The Balaban J connectivity index is 1.79. The van der Waals surface area contributed by atoms with Crippen molar-refractivity contribution in [3.8, 4) is 5.75 Å². The summed E-state index contributed by atoms with van der Waals surface area (Å²) in [5, 5.41) is 2.73. The van der Waals surface area contributed by atoms with Gasteiger partial charge in [0.1, 0.15) is 5.75 Å². The van der Waals surface area contributed by atoms with E-state index in [9.17, 15) is 18.0 Å². The molecule has 0 aliphatic heterocycles.